The summed E-state index contributed by atoms with van der Waals surface area (Å²) in [6, 6.07) is 11.1. The minimum absolute atomic E-state index is 0.0863. The predicted octanol–water partition coefficient (Wildman–Crippen LogP) is 3.81. The molecular weight excluding hydrogens is 280 g/mol. The Morgan fingerprint density at radius 2 is 1.95 bits per heavy atom. The molecule has 0 fully saturated rings. The van der Waals surface area contributed by atoms with Crippen LogP contribution >= 0.6 is 11.6 Å². The van der Waals surface area contributed by atoms with Crippen LogP contribution in [0, 0.1) is 17.0 Å². The number of aryl methyl sites for hydroxylation is 1. The summed E-state index contributed by atoms with van der Waals surface area (Å²) in [4.78, 5) is 22.4. The molecule has 20 heavy (non-hydrogen) atoms. The molecule has 0 aliphatic heterocycles. The summed E-state index contributed by atoms with van der Waals surface area (Å²) in [5.74, 6) is -0.443. The summed E-state index contributed by atoms with van der Waals surface area (Å²) in [5.41, 5.74) is 1.09. The van der Waals surface area contributed by atoms with E-state index >= 15 is 0 Å². The summed E-state index contributed by atoms with van der Waals surface area (Å²) >= 11 is 5.94. The maximum absolute atomic E-state index is 12.1. The third-order valence-corrected chi connectivity index (χ3v) is 3.12. The number of nitro groups is 1. The van der Waals surface area contributed by atoms with Crippen molar-refractivity contribution in [3.05, 3.63) is 68.7 Å². The molecule has 0 aromatic heterocycles. The molecule has 0 aliphatic rings. The SMILES string of the molecule is Cc1ccc(C(=O)Nc2ccccc2Cl)cc1[N+](=O)[O-]. The van der Waals surface area contributed by atoms with Gasteiger partial charge < -0.3 is 5.32 Å². The summed E-state index contributed by atoms with van der Waals surface area (Å²) in [7, 11) is 0. The molecule has 0 atom stereocenters. The van der Waals surface area contributed by atoms with Gasteiger partial charge in [-0.05, 0) is 25.1 Å². The van der Waals surface area contributed by atoms with E-state index in [0.717, 1.165) is 0 Å². The quantitative estimate of drug-likeness (QED) is 0.690. The van der Waals surface area contributed by atoms with E-state index in [4.69, 9.17) is 11.6 Å². The van der Waals surface area contributed by atoms with Gasteiger partial charge >= 0.3 is 0 Å². The van der Waals surface area contributed by atoms with Crippen molar-refractivity contribution in [2.45, 2.75) is 6.92 Å². The van der Waals surface area contributed by atoms with Gasteiger partial charge in [0.1, 0.15) is 0 Å². The second kappa shape index (κ2) is 5.71. The number of halogens is 1. The van der Waals surface area contributed by atoms with Crippen molar-refractivity contribution in [1.82, 2.24) is 0 Å². The number of rotatable bonds is 3. The zero-order chi connectivity index (χ0) is 14.7. The molecule has 1 amide bonds. The van der Waals surface area contributed by atoms with Crippen molar-refractivity contribution >= 4 is 28.9 Å². The number of para-hydroxylation sites is 1. The van der Waals surface area contributed by atoms with Crippen LogP contribution in [0.3, 0.4) is 0 Å². The first-order valence-electron chi connectivity index (χ1n) is 5.80. The van der Waals surface area contributed by atoms with E-state index in [2.05, 4.69) is 5.32 Å². The fraction of sp³-hybridized carbons (Fsp3) is 0.0714. The van der Waals surface area contributed by atoms with Gasteiger partial charge in [0, 0.05) is 17.2 Å². The Hall–Kier alpha value is -2.40. The van der Waals surface area contributed by atoms with Crippen molar-refractivity contribution in [3.8, 4) is 0 Å². The molecule has 1 N–H and O–H groups in total. The molecule has 2 aromatic rings. The van der Waals surface area contributed by atoms with Gasteiger partial charge in [-0.3, -0.25) is 14.9 Å². The van der Waals surface area contributed by atoms with Gasteiger partial charge in [-0.15, -0.1) is 0 Å². The molecule has 0 saturated heterocycles. The van der Waals surface area contributed by atoms with Crippen LogP contribution in [0.25, 0.3) is 0 Å². The van der Waals surface area contributed by atoms with Crippen molar-refractivity contribution in [2.24, 2.45) is 0 Å². The van der Waals surface area contributed by atoms with E-state index in [1.54, 1.807) is 37.3 Å². The number of benzene rings is 2. The lowest BCUT2D eigenvalue weighted by atomic mass is 10.1. The minimum atomic E-state index is -0.512. The van der Waals surface area contributed by atoms with Crippen molar-refractivity contribution in [1.29, 1.82) is 0 Å². The largest absolute Gasteiger partial charge is 0.321 e. The maximum atomic E-state index is 12.1. The highest BCUT2D eigenvalue weighted by Gasteiger charge is 2.15. The van der Waals surface area contributed by atoms with Crippen LogP contribution in [-0.2, 0) is 0 Å². The number of amides is 1. The average molecular weight is 291 g/mol. The number of hydrogen-bond donors (Lipinski definition) is 1. The van der Waals surface area contributed by atoms with Crippen LogP contribution in [0.15, 0.2) is 42.5 Å². The van der Waals surface area contributed by atoms with E-state index in [1.165, 1.54) is 12.1 Å². The van der Waals surface area contributed by atoms with Crippen LogP contribution < -0.4 is 5.32 Å². The molecule has 0 aliphatic carbocycles. The molecule has 2 aromatic carbocycles. The van der Waals surface area contributed by atoms with Gasteiger partial charge in [0.15, 0.2) is 0 Å². The van der Waals surface area contributed by atoms with Gasteiger partial charge in [-0.2, -0.15) is 0 Å². The normalized spacial score (nSPS) is 10.1. The molecule has 2 rings (SSSR count). The lowest BCUT2D eigenvalue weighted by Crippen LogP contribution is -2.12. The average Bonchev–Trinajstić information content (AvgIpc) is 2.41. The van der Waals surface area contributed by atoms with Crippen molar-refractivity contribution in [2.75, 3.05) is 5.32 Å². The zero-order valence-corrected chi connectivity index (χ0v) is 11.3. The highest BCUT2D eigenvalue weighted by atomic mass is 35.5. The maximum Gasteiger partial charge on any atom is 0.273 e. The molecule has 0 radical (unpaired) electrons. The Balaban J connectivity index is 2.28. The first-order valence-corrected chi connectivity index (χ1v) is 6.18. The topological polar surface area (TPSA) is 72.2 Å². The van der Waals surface area contributed by atoms with E-state index in [-0.39, 0.29) is 11.3 Å². The Morgan fingerprint density at radius 1 is 1.25 bits per heavy atom. The second-order valence-corrected chi connectivity index (χ2v) is 4.60. The highest BCUT2D eigenvalue weighted by molar-refractivity contribution is 6.33. The second-order valence-electron chi connectivity index (χ2n) is 4.19. The Bertz CT molecular complexity index is 686. The summed E-state index contributed by atoms with van der Waals surface area (Å²) < 4.78 is 0. The van der Waals surface area contributed by atoms with E-state index in [1.807, 2.05) is 0 Å². The third-order valence-electron chi connectivity index (χ3n) is 2.79. The molecule has 0 bridgehead atoms. The lowest BCUT2D eigenvalue weighted by Gasteiger charge is -2.07. The van der Waals surface area contributed by atoms with Crippen LogP contribution in [-0.4, -0.2) is 10.8 Å². The van der Waals surface area contributed by atoms with Crippen LogP contribution in [0.4, 0.5) is 11.4 Å². The fourth-order valence-corrected chi connectivity index (χ4v) is 1.89. The fourth-order valence-electron chi connectivity index (χ4n) is 1.70. The predicted molar refractivity (Wildman–Crippen MR) is 77.2 cm³/mol. The third kappa shape index (κ3) is 2.95. The number of nitrogens with zero attached hydrogens (tertiary/aromatic N) is 1. The lowest BCUT2D eigenvalue weighted by molar-refractivity contribution is -0.385. The number of anilines is 1. The van der Waals surface area contributed by atoms with Gasteiger partial charge in [-0.1, -0.05) is 29.8 Å². The van der Waals surface area contributed by atoms with Crippen molar-refractivity contribution < 1.29 is 9.72 Å². The van der Waals surface area contributed by atoms with Gasteiger partial charge in [0.2, 0.25) is 0 Å². The number of carbonyl (C=O) groups is 1. The molecule has 0 heterocycles. The zero-order valence-electron chi connectivity index (χ0n) is 10.6. The molecular formula is C14H11ClN2O3. The first kappa shape index (κ1) is 14.0. The van der Waals surface area contributed by atoms with E-state index < -0.39 is 10.8 Å². The van der Waals surface area contributed by atoms with Gasteiger partial charge in [-0.25, -0.2) is 0 Å². The van der Waals surface area contributed by atoms with E-state index in [0.29, 0.717) is 16.3 Å². The Labute approximate surface area is 120 Å². The molecule has 0 saturated carbocycles. The van der Waals surface area contributed by atoms with Crippen molar-refractivity contribution in [3.63, 3.8) is 0 Å². The number of nitrogens with one attached hydrogen (secondary N) is 1. The van der Waals surface area contributed by atoms with Crippen LogP contribution in [0.1, 0.15) is 15.9 Å². The van der Waals surface area contributed by atoms with Crippen LogP contribution in [0.2, 0.25) is 5.02 Å². The minimum Gasteiger partial charge on any atom is -0.321 e. The molecule has 102 valence electrons. The van der Waals surface area contributed by atoms with Gasteiger partial charge in [0.05, 0.1) is 15.6 Å². The highest BCUT2D eigenvalue weighted by Crippen LogP contribution is 2.23. The molecule has 5 nitrogen and oxygen atoms in total. The Morgan fingerprint density at radius 3 is 2.60 bits per heavy atom. The molecule has 6 heteroatoms. The molecule has 0 unspecified atom stereocenters. The number of carbonyl (C=O) groups excluding carboxylic acids is 1. The smallest absolute Gasteiger partial charge is 0.273 e. The standard InChI is InChI=1S/C14H11ClN2O3/c1-9-6-7-10(8-13(9)17(19)20)14(18)16-12-5-3-2-4-11(12)15/h2-8H,1H3,(H,16,18). The summed E-state index contributed by atoms with van der Waals surface area (Å²) in [5, 5.41) is 13.9. The molecule has 0 spiro atoms. The summed E-state index contributed by atoms with van der Waals surface area (Å²) in [6.07, 6.45) is 0. The van der Waals surface area contributed by atoms with E-state index in [9.17, 15) is 14.9 Å². The monoisotopic (exact) mass is 290 g/mol. The Kier molecular flexibility index (Phi) is 4.00. The van der Waals surface area contributed by atoms with Crippen LogP contribution in [0.5, 0.6) is 0 Å². The first-order chi connectivity index (χ1) is 9.49. The van der Waals surface area contributed by atoms with Gasteiger partial charge in [0.25, 0.3) is 11.6 Å². The number of hydrogen-bond acceptors (Lipinski definition) is 3. The summed E-state index contributed by atoms with van der Waals surface area (Å²) in [6.45, 7) is 1.62. The number of nitro benzene ring substituents is 1.